The van der Waals surface area contributed by atoms with Gasteiger partial charge in [0.05, 0.1) is 5.56 Å². The van der Waals surface area contributed by atoms with E-state index in [9.17, 15) is 13.6 Å². The Morgan fingerprint density at radius 2 is 1.92 bits per heavy atom. The van der Waals surface area contributed by atoms with Crippen LogP contribution in [0, 0.1) is 0 Å². The molecule has 1 N–H and O–H groups in total. The van der Waals surface area contributed by atoms with E-state index in [1.54, 1.807) is 0 Å². The number of carboxylic acids is 1. The van der Waals surface area contributed by atoms with Crippen LogP contribution in [-0.4, -0.2) is 19.8 Å². The van der Waals surface area contributed by atoms with E-state index in [0.717, 1.165) is 0 Å². The van der Waals surface area contributed by atoms with Crippen LogP contribution in [-0.2, 0) is 16.8 Å². The molecule has 0 amide bonds. The second-order valence-electron chi connectivity index (χ2n) is 2.45. The lowest BCUT2D eigenvalue weighted by Gasteiger charge is -2.04. The molecule has 0 bridgehead atoms. The van der Waals surface area contributed by atoms with Gasteiger partial charge in [0.2, 0.25) is 0 Å². The van der Waals surface area contributed by atoms with E-state index in [-0.39, 0.29) is 11.3 Å². The monoisotopic (exact) mass is 199 g/mol. The van der Waals surface area contributed by atoms with E-state index in [0.29, 0.717) is 5.56 Å². The highest BCUT2D eigenvalue weighted by Gasteiger charge is 2.00. The largest absolute Gasteiger partial charge is 0.772 e. The minimum absolute atomic E-state index is 0.0834. The molecule has 1 atom stereocenters. The third-order valence-corrected chi connectivity index (χ3v) is 2.05. The van der Waals surface area contributed by atoms with Crippen LogP contribution in [0.5, 0.6) is 0 Å². The molecule has 1 unspecified atom stereocenters. The minimum Gasteiger partial charge on any atom is -0.772 e. The van der Waals surface area contributed by atoms with E-state index < -0.39 is 17.0 Å². The molecular formula is C8H7O4S-. The van der Waals surface area contributed by atoms with Crippen LogP contribution < -0.4 is 0 Å². The first-order chi connectivity index (χ1) is 6.09. The van der Waals surface area contributed by atoms with Crippen LogP contribution in [0.25, 0.3) is 0 Å². The Morgan fingerprint density at radius 3 is 2.31 bits per heavy atom. The van der Waals surface area contributed by atoms with Gasteiger partial charge in [0.1, 0.15) is 0 Å². The standard InChI is InChI=1S/C8H8O4S/c9-8(10)7-3-1-6(2-4-7)5-13(11)12/h1-4H,5H2,(H,9,10)(H,11,12)/p-1. The highest BCUT2D eigenvalue weighted by molar-refractivity contribution is 7.78. The SMILES string of the molecule is O=C(O)c1ccc(CS(=O)[O-])cc1. The Hall–Kier alpha value is -1.20. The van der Waals surface area contributed by atoms with Crippen molar-refractivity contribution in [3.63, 3.8) is 0 Å². The first-order valence-electron chi connectivity index (χ1n) is 3.47. The predicted octanol–water partition coefficient (Wildman–Crippen LogP) is 0.764. The average molecular weight is 199 g/mol. The van der Waals surface area contributed by atoms with Crippen LogP contribution in [0.4, 0.5) is 0 Å². The molecule has 0 fully saturated rings. The predicted molar refractivity (Wildman–Crippen MR) is 46.0 cm³/mol. The number of carboxylic acid groups (broad SMARTS) is 1. The molecule has 0 radical (unpaired) electrons. The summed E-state index contributed by atoms with van der Waals surface area (Å²) in [6.45, 7) is 0. The van der Waals surface area contributed by atoms with Crippen molar-refractivity contribution in [1.82, 2.24) is 0 Å². The fourth-order valence-electron chi connectivity index (χ4n) is 0.880. The van der Waals surface area contributed by atoms with E-state index >= 15 is 0 Å². The summed E-state index contributed by atoms with van der Waals surface area (Å²) < 4.78 is 20.5. The van der Waals surface area contributed by atoms with Gasteiger partial charge in [-0.1, -0.05) is 23.2 Å². The number of hydrogen-bond acceptors (Lipinski definition) is 3. The average Bonchev–Trinajstić information content (AvgIpc) is 2.04. The van der Waals surface area contributed by atoms with Gasteiger partial charge < -0.3 is 9.66 Å². The van der Waals surface area contributed by atoms with E-state index in [1.807, 2.05) is 0 Å². The lowest BCUT2D eigenvalue weighted by atomic mass is 10.1. The summed E-state index contributed by atoms with van der Waals surface area (Å²) in [4.78, 5) is 10.4. The zero-order valence-electron chi connectivity index (χ0n) is 6.60. The molecule has 0 saturated carbocycles. The molecule has 0 aliphatic heterocycles. The molecule has 1 aromatic rings. The molecule has 0 saturated heterocycles. The molecule has 4 nitrogen and oxygen atoms in total. The number of hydrogen-bond donors (Lipinski definition) is 1. The molecule has 1 aromatic carbocycles. The van der Waals surface area contributed by atoms with Gasteiger partial charge in [0.15, 0.2) is 0 Å². The van der Waals surface area contributed by atoms with Gasteiger partial charge in [0, 0.05) is 5.75 Å². The number of benzene rings is 1. The third kappa shape index (κ3) is 2.96. The molecule has 0 aliphatic rings. The fraction of sp³-hybridized carbons (Fsp3) is 0.125. The number of carbonyl (C=O) groups is 1. The van der Waals surface area contributed by atoms with Gasteiger partial charge in [-0.05, 0) is 17.7 Å². The zero-order valence-corrected chi connectivity index (χ0v) is 7.41. The summed E-state index contributed by atoms with van der Waals surface area (Å²) in [5.41, 5.74) is 0.735. The Bertz CT molecular complexity index is 331. The van der Waals surface area contributed by atoms with Crippen LogP contribution >= 0.6 is 0 Å². The fourth-order valence-corrected chi connectivity index (χ4v) is 1.34. The molecule has 0 heterocycles. The van der Waals surface area contributed by atoms with Gasteiger partial charge in [-0.3, -0.25) is 4.21 Å². The van der Waals surface area contributed by atoms with Crippen molar-refractivity contribution < 1.29 is 18.7 Å². The Balaban J connectivity index is 2.81. The Kier molecular flexibility index (Phi) is 3.16. The highest BCUT2D eigenvalue weighted by Crippen LogP contribution is 2.05. The van der Waals surface area contributed by atoms with Crippen molar-refractivity contribution in [3.8, 4) is 0 Å². The smallest absolute Gasteiger partial charge is 0.335 e. The summed E-state index contributed by atoms with van der Waals surface area (Å²) >= 11 is -2.13. The van der Waals surface area contributed by atoms with Crippen molar-refractivity contribution in [2.75, 3.05) is 0 Å². The Morgan fingerprint density at radius 1 is 1.38 bits per heavy atom. The van der Waals surface area contributed by atoms with Gasteiger partial charge in [0.25, 0.3) is 0 Å². The topological polar surface area (TPSA) is 77.4 Å². The van der Waals surface area contributed by atoms with E-state index in [1.165, 1.54) is 24.3 Å². The molecule has 0 aliphatic carbocycles. The van der Waals surface area contributed by atoms with Crippen molar-refractivity contribution in [2.24, 2.45) is 0 Å². The van der Waals surface area contributed by atoms with Gasteiger partial charge in [-0.15, -0.1) is 0 Å². The van der Waals surface area contributed by atoms with Crippen molar-refractivity contribution in [2.45, 2.75) is 5.75 Å². The van der Waals surface area contributed by atoms with Crippen LogP contribution in [0.15, 0.2) is 24.3 Å². The maximum atomic E-state index is 10.4. The maximum absolute atomic E-state index is 10.4. The molecule has 70 valence electrons. The highest BCUT2D eigenvalue weighted by atomic mass is 32.2. The van der Waals surface area contributed by atoms with Crippen LogP contribution in [0.2, 0.25) is 0 Å². The summed E-state index contributed by atoms with van der Waals surface area (Å²) in [6.07, 6.45) is 0. The summed E-state index contributed by atoms with van der Waals surface area (Å²) in [5, 5.41) is 8.54. The van der Waals surface area contributed by atoms with Gasteiger partial charge >= 0.3 is 5.97 Å². The van der Waals surface area contributed by atoms with Crippen LogP contribution in [0.1, 0.15) is 15.9 Å². The first kappa shape index (κ1) is 9.88. The molecule has 0 aromatic heterocycles. The summed E-state index contributed by atoms with van der Waals surface area (Å²) in [6, 6.07) is 5.73. The molecular weight excluding hydrogens is 192 g/mol. The molecule has 5 heteroatoms. The normalized spacial score (nSPS) is 12.4. The minimum atomic E-state index is -2.13. The maximum Gasteiger partial charge on any atom is 0.335 e. The number of aromatic carboxylic acids is 1. The van der Waals surface area contributed by atoms with Gasteiger partial charge in [-0.2, -0.15) is 0 Å². The van der Waals surface area contributed by atoms with E-state index in [2.05, 4.69) is 0 Å². The lowest BCUT2D eigenvalue weighted by molar-refractivity contribution is 0.0697. The zero-order chi connectivity index (χ0) is 9.84. The molecule has 1 rings (SSSR count). The summed E-state index contributed by atoms with van der Waals surface area (Å²) in [5.74, 6) is -1.10. The van der Waals surface area contributed by atoms with Crippen LogP contribution in [0.3, 0.4) is 0 Å². The second-order valence-corrected chi connectivity index (χ2v) is 3.35. The molecule has 0 spiro atoms. The Labute approximate surface area is 77.5 Å². The number of rotatable bonds is 3. The van der Waals surface area contributed by atoms with Crippen molar-refractivity contribution in [3.05, 3.63) is 35.4 Å². The quantitative estimate of drug-likeness (QED) is 0.729. The van der Waals surface area contributed by atoms with Crippen molar-refractivity contribution in [1.29, 1.82) is 0 Å². The van der Waals surface area contributed by atoms with Crippen molar-refractivity contribution >= 4 is 17.0 Å². The molecule has 13 heavy (non-hydrogen) atoms. The first-order valence-corrected chi connectivity index (χ1v) is 4.72. The summed E-state index contributed by atoms with van der Waals surface area (Å²) in [7, 11) is 0. The van der Waals surface area contributed by atoms with E-state index in [4.69, 9.17) is 5.11 Å². The second kappa shape index (κ2) is 4.15. The third-order valence-electron chi connectivity index (χ3n) is 1.49. The van der Waals surface area contributed by atoms with Gasteiger partial charge in [-0.25, -0.2) is 4.79 Å². The lowest BCUT2D eigenvalue weighted by Crippen LogP contribution is -1.97.